The molecule has 2 aromatic heterocycles. The summed E-state index contributed by atoms with van der Waals surface area (Å²) in [7, 11) is 0. The maximum absolute atomic E-state index is 14.5. The highest BCUT2D eigenvalue weighted by Crippen LogP contribution is 2.47. The van der Waals surface area contributed by atoms with Gasteiger partial charge in [0.05, 0.1) is 5.69 Å². The van der Waals surface area contributed by atoms with E-state index in [9.17, 15) is 14.0 Å². The van der Waals surface area contributed by atoms with Crippen molar-refractivity contribution in [3.63, 3.8) is 0 Å². The fraction of sp³-hybridized carbons (Fsp3) is 0.545. The molecule has 7 rings (SSSR count). The number of hydrogen-bond acceptors (Lipinski definition) is 8. The predicted molar refractivity (Wildman–Crippen MR) is 164 cm³/mol. The number of anilines is 1. The number of rotatable bonds is 9. The summed E-state index contributed by atoms with van der Waals surface area (Å²) in [4.78, 5) is 33.7. The van der Waals surface area contributed by atoms with Gasteiger partial charge in [-0.15, -0.1) is 10.2 Å². The smallest absolute Gasteiger partial charge is 0.282 e. The molecule has 1 amide bonds. The van der Waals surface area contributed by atoms with Crippen LogP contribution in [0.5, 0.6) is 11.6 Å². The summed E-state index contributed by atoms with van der Waals surface area (Å²) in [5, 5.41) is 11.4. The molecule has 1 unspecified atom stereocenters. The summed E-state index contributed by atoms with van der Waals surface area (Å²) < 4.78 is 22.6. The van der Waals surface area contributed by atoms with Gasteiger partial charge in [0.2, 0.25) is 5.91 Å². The Morgan fingerprint density at radius 1 is 1.14 bits per heavy atom. The van der Waals surface area contributed by atoms with Crippen LogP contribution in [0.1, 0.15) is 58.9 Å². The van der Waals surface area contributed by atoms with Crippen LogP contribution in [0, 0.1) is 23.1 Å². The van der Waals surface area contributed by atoms with E-state index in [1.54, 1.807) is 23.6 Å². The molecule has 3 aromatic rings. The van der Waals surface area contributed by atoms with Crippen LogP contribution < -0.4 is 20.5 Å². The van der Waals surface area contributed by atoms with Crippen LogP contribution in [-0.4, -0.2) is 68.8 Å². The predicted octanol–water partition coefficient (Wildman–Crippen LogP) is 4.42. The van der Waals surface area contributed by atoms with E-state index in [0.717, 1.165) is 58.3 Å². The van der Waals surface area contributed by atoms with Crippen molar-refractivity contribution >= 4 is 11.7 Å². The molecule has 0 bridgehead atoms. The molecule has 1 spiro atoms. The second-order valence-corrected chi connectivity index (χ2v) is 13.6. The molecule has 2 saturated heterocycles. The second-order valence-electron chi connectivity index (χ2n) is 13.6. The van der Waals surface area contributed by atoms with Crippen LogP contribution in [0.4, 0.5) is 10.2 Å². The Bertz CT molecular complexity index is 1610. The first-order chi connectivity index (χ1) is 21.2. The van der Waals surface area contributed by atoms with Gasteiger partial charge in [-0.2, -0.15) is 0 Å². The first kappa shape index (κ1) is 28.9. The lowest BCUT2D eigenvalue weighted by Gasteiger charge is -2.57. The largest absolute Gasteiger partial charge is 0.434 e. The monoisotopic (exact) mass is 601 g/mol. The average Bonchev–Trinajstić information content (AvgIpc) is 3.69. The summed E-state index contributed by atoms with van der Waals surface area (Å²) in [6.45, 7) is 9.97. The van der Waals surface area contributed by atoms with Crippen molar-refractivity contribution in [1.29, 1.82) is 0 Å². The van der Waals surface area contributed by atoms with E-state index in [1.807, 2.05) is 6.07 Å². The summed E-state index contributed by atoms with van der Waals surface area (Å²) in [5.41, 5.74) is 1.19. The molecule has 44 heavy (non-hydrogen) atoms. The van der Waals surface area contributed by atoms with Gasteiger partial charge in [0.1, 0.15) is 17.9 Å². The minimum absolute atomic E-state index is 0.0558. The number of nitrogens with one attached hydrogen (secondary N) is 1. The summed E-state index contributed by atoms with van der Waals surface area (Å²) in [5.74, 6) is 2.09. The molecule has 1 aromatic carbocycles. The molecule has 4 heterocycles. The molecule has 0 radical (unpaired) electrons. The quantitative estimate of drug-likeness (QED) is 0.385. The van der Waals surface area contributed by atoms with E-state index < -0.39 is 5.82 Å². The molecule has 232 valence electrons. The van der Waals surface area contributed by atoms with Gasteiger partial charge in [0.15, 0.2) is 5.82 Å². The zero-order valence-electron chi connectivity index (χ0n) is 25.6. The van der Waals surface area contributed by atoms with Gasteiger partial charge in [0.25, 0.3) is 11.4 Å². The van der Waals surface area contributed by atoms with Crippen molar-refractivity contribution in [3.05, 3.63) is 58.9 Å². The summed E-state index contributed by atoms with van der Waals surface area (Å²) in [6.07, 6.45) is 6.43. The molecular weight excluding hydrogens is 561 g/mol. The zero-order chi connectivity index (χ0) is 30.6. The van der Waals surface area contributed by atoms with E-state index >= 15 is 0 Å². The molecule has 4 fully saturated rings. The van der Waals surface area contributed by atoms with E-state index in [2.05, 4.69) is 44.1 Å². The number of hydrogen-bond donors (Lipinski definition) is 1. The van der Waals surface area contributed by atoms with Crippen LogP contribution in [0.25, 0.3) is 11.3 Å². The molecule has 11 heteroatoms. The van der Waals surface area contributed by atoms with Gasteiger partial charge in [-0.05, 0) is 68.2 Å². The van der Waals surface area contributed by atoms with E-state index in [0.29, 0.717) is 46.7 Å². The number of carbonyl (C=O) groups is 1. The lowest BCUT2D eigenvalue weighted by molar-refractivity contribution is -0.121. The minimum Gasteiger partial charge on any atom is -0.434 e. The highest BCUT2D eigenvalue weighted by Gasteiger charge is 2.53. The van der Waals surface area contributed by atoms with Crippen molar-refractivity contribution in [2.45, 2.75) is 71.0 Å². The molecule has 2 aliphatic carbocycles. The van der Waals surface area contributed by atoms with Crippen LogP contribution >= 0.6 is 0 Å². The molecular formula is C33H40FN7O3. The lowest BCUT2D eigenvalue weighted by atomic mass is 9.68. The van der Waals surface area contributed by atoms with Gasteiger partial charge in [0, 0.05) is 68.3 Å². The first-order valence-corrected chi connectivity index (χ1v) is 15.8. The van der Waals surface area contributed by atoms with Gasteiger partial charge < -0.3 is 19.5 Å². The highest BCUT2D eigenvalue weighted by atomic mass is 19.1. The normalized spacial score (nSPS) is 23.3. The van der Waals surface area contributed by atoms with Crippen molar-refractivity contribution in [2.24, 2.45) is 17.3 Å². The number of nitrogens with zero attached hydrogens (tertiary/aromatic N) is 6. The Hall–Kier alpha value is -3.86. The van der Waals surface area contributed by atoms with Crippen molar-refractivity contribution < 1.29 is 13.9 Å². The van der Waals surface area contributed by atoms with Crippen LogP contribution in [0.2, 0.25) is 0 Å². The van der Waals surface area contributed by atoms with Gasteiger partial charge in [-0.1, -0.05) is 19.9 Å². The number of ether oxygens (including phenoxy) is 1. The number of amides is 1. The second kappa shape index (κ2) is 11.3. The Kier molecular flexibility index (Phi) is 7.39. The van der Waals surface area contributed by atoms with Crippen LogP contribution in [0.15, 0.2) is 47.5 Å². The molecule has 2 saturated carbocycles. The third-order valence-corrected chi connectivity index (χ3v) is 9.88. The number of pyridine rings is 1. The fourth-order valence-electron chi connectivity index (χ4n) is 7.88. The van der Waals surface area contributed by atoms with Crippen molar-refractivity contribution in [3.8, 4) is 22.9 Å². The minimum atomic E-state index is -0.410. The Balaban J connectivity index is 1.07. The molecule has 2 aliphatic heterocycles. The van der Waals surface area contributed by atoms with E-state index in [-0.39, 0.29) is 28.8 Å². The van der Waals surface area contributed by atoms with Gasteiger partial charge in [-0.3, -0.25) is 14.5 Å². The van der Waals surface area contributed by atoms with Crippen LogP contribution in [-0.2, 0) is 4.79 Å². The lowest BCUT2D eigenvalue weighted by Crippen LogP contribution is -2.65. The summed E-state index contributed by atoms with van der Waals surface area (Å²) in [6, 6.07) is 10.3. The number of halogens is 1. The van der Waals surface area contributed by atoms with Crippen LogP contribution in [0.3, 0.4) is 0 Å². The van der Waals surface area contributed by atoms with Crippen molar-refractivity contribution in [1.82, 2.24) is 30.0 Å². The standard InChI is InChI=1S/C33H40FN7O3/c1-20(2)30(22-13-24(14-22)37-21(3)42)40-17-33(18-40)11-12-39(16-33)31-32(38-36-19-35-31)44-28-10-7-23(34)15-26(28)27-5-4-6-29(43)41(27)25-8-9-25/h4-7,10,15,19-20,22,24-25,30H,8-9,11-14,16-18H2,1-3H3,(H,37,42). The third-order valence-electron chi connectivity index (χ3n) is 9.88. The molecule has 10 nitrogen and oxygen atoms in total. The highest BCUT2D eigenvalue weighted by molar-refractivity contribution is 5.73. The average molecular weight is 602 g/mol. The Morgan fingerprint density at radius 2 is 1.93 bits per heavy atom. The fourth-order valence-corrected chi connectivity index (χ4v) is 7.88. The topological polar surface area (TPSA) is 105 Å². The SMILES string of the molecule is CC(=O)NC1CC(C(C(C)C)N2CC3(CCN(c4ncnnc4Oc4ccc(F)cc4-c4cccc(=O)n4C4CC4)C3)C2)C1. The van der Waals surface area contributed by atoms with Gasteiger partial charge in [-0.25, -0.2) is 9.37 Å². The number of carbonyl (C=O) groups excluding carboxylic acids is 1. The molecule has 4 aliphatic rings. The van der Waals surface area contributed by atoms with E-state index in [4.69, 9.17) is 4.74 Å². The van der Waals surface area contributed by atoms with Gasteiger partial charge >= 0.3 is 0 Å². The number of likely N-dealkylation sites (tertiary alicyclic amines) is 1. The molecule has 1 N–H and O–H groups in total. The van der Waals surface area contributed by atoms with E-state index in [1.165, 1.54) is 24.5 Å². The Morgan fingerprint density at radius 3 is 2.66 bits per heavy atom. The molecule has 1 atom stereocenters. The maximum atomic E-state index is 14.5. The third kappa shape index (κ3) is 5.46. The summed E-state index contributed by atoms with van der Waals surface area (Å²) >= 11 is 0. The number of benzene rings is 1. The first-order valence-electron chi connectivity index (χ1n) is 15.8. The zero-order valence-corrected chi connectivity index (χ0v) is 25.6. The van der Waals surface area contributed by atoms with Crippen molar-refractivity contribution in [2.75, 3.05) is 31.1 Å². The Labute approximate surface area is 256 Å². The number of aromatic nitrogens is 4. The maximum Gasteiger partial charge on any atom is 0.282 e.